The molecule has 0 saturated heterocycles. The van der Waals surface area contributed by atoms with Crippen LogP contribution in [0.3, 0.4) is 0 Å². The van der Waals surface area contributed by atoms with Gasteiger partial charge in [0.05, 0.1) is 7.05 Å². The van der Waals surface area contributed by atoms with Gasteiger partial charge in [-0.2, -0.15) is 0 Å². The number of benzene rings is 1. The van der Waals surface area contributed by atoms with Gasteiger partial charge in [-0.3, -0.25) is 0 Å². The van der Waals surface area contributed by atoms with Crippen LogP contribution < -0.4 is 27.2 Å². The molecule has 0 radical (unpaired) electrons. The minimum Gasteiger partial charge on any atom is -1.00 e. The molecule has 1 aromatic rings. The zero-order valence-electron chi connectivity index (χ0n) is 9.30. The average Bonchev–Trinajstić information content (AvgIpc) is 2.29. The SMILES string of the molecule is C[NH2+]c1ccc(N(CCI)CCI)cc1.[Br-]. The summed E-state index contributed by atoms with van der Waals surface area (Å²) in [6.07, 6.45) is 0. The minimum absolute atomic E-state index is 0. The summed E-state index contributed by atoms with van der Waals surface area (Å²) in [7, 11) is 2.07. The second-order valence-corrected chi connectivity index (χ2v) is 5.40. The molecule has 5 heteroatoms. The lowest BCUT2D eigenvalue weighted by Gasteiger charge is -2.22. The normalized spacial score (nSPS) is 9.69. The minimum atomic E-state index is 0. The summed E-state index contributed by atoms with van der Waals surface area (Å²) in [4.78, 5) is 2.44. The van der Waals surface area contributed by atoms with Gasteiger partial charge in [0.2, 0.25) is 0 Å². The van der Waals surface area contributed by atoms with Crippen LogP contribution in [0.5, 0.6) is 0 Å². The second-order valence-electron chi connectivity index (χ2n) is 3.25. The maximum Gasteiger partial charge on any atom is 0.129 e. The van der Waals surface area contributed by atoms with Crippen molar-refractivity contribution in [2.75, 3.05) is 33.9 Å². The van der Waals surface area contributed by atoms with Crippen molar-refractivity contribution in [3.05, 3.63) is 24.3 Å². The molecule has 0 unspecified atom stereocenters. The fraction of sp³-hybridized carbons (Fsp3) is 0.455. The fourth-order valence-electron chi connectivity index (χ4n) is 1.45. The number of hydrogen-bond acceptors (Lipinski definition) is 1. The van der Waals surface area contributed by atoms with Crippen LogP contribution in [0.4, 0.5) is 11.4 Å². The monoisotopic (exact) mass is 510 g/mol. The van der Waals surface area contributed by atoms with Crippen molar-refractivity contribution in [2.45, 2.75) is 0 Å². The molecule has 0 bridgehead atoms. The third kappa shape index (κ3) is 5.50. The lowest BCUT2D eigenvalue weighted by Crippen LogP contribution is -3.00. The molecule has 1 aromatic carbocycles. The lowest BCUT2D eigenvalue weighted by atomic mass is 10.2. The van der Waals surface area contributed by atoms with Gasteiger partial charge in [-0.1, -0.05) is 45.2 Å². The van der Waals surface area contributed by atoms with Crippen LogP contribution in [0.1, 0.15) is 0 Å². The maximum atomic E-state index is 2.44. The van der Waals surface area contributed by atoms with Gasteiger partial charge < -0.3 is 27.2 Å². The predicted molar refractivity (Wildman–Crippen MR) is 83.9 cm³/mol. The van der Waals surface area contributed by atoms with Gasteiger partial charge in [0.1, 0.15) is 5.69 Å². The van der Waals surface area contributed by atoms with E-state index in [0.29, 0.717) is 0 Å². The van der Waals surface area contributed by atoms with E-state index in [2.05, 4.69) is 86.7 Å². The summed E-state index contributed by atoms with van der Waals surface area (Å²) in [5.74, 6) is 0. The molecular formula is C11H17BrI2N2. The van der Waals surface area contributed by atoms with Crippen LogP contribution in [-0.2, 0) is 0 Å². The number of alkyl halides is 2. The van der Waals surface area contributed by atoms with Crippen LogP contribution in [0.2, 0.25) is 0 Å². The van der Waals surface area contributed by atoms with Crippen molar-refractivity contribution in [3.63, 3.8) is 0 Å². The van der Waals surface area contributed by atoms with E-state index in [0.717, 1.165) is 13.1 Å². The van der Waals surface area contributed by atoms with Gasteiger partial charge >= 0.3 is 0 Å². The fourth-order valence-corrected chi connectivity index (χ4v) is 2.62. The Labute approximate surface area is 136 Å². The standard InChI is InChI=1S/C11H16I2N2.BrH/c1-14-10-2-4-11(5-3-10)15(8-6-12)9-7-13;/h2-5,14H,6-9H2,1H3;1H. The van der Waals surface area contributed by atoms with Crippen LogP contribution in [0.25, 0.3) is 0 Å². The Morgan fingerprint density at radius 3 is 1.94 bits per heavy atom. The van der Waals surface area contributed by atoms with Crippen LogP contribution in [-0.4, -0.2) is 29.0 Å². The van der Waals surface area contributed by atoms with Gasteiger partial charge in [0.25, 0.3) is 0 Å². The van der Waals surface area contributed by atoms with E-state index in [9.17, 15) is 0 Å². The number of rotatable bonds is 6. The third-order valence-electron chi connectivity index (χ3n) is 2.30. The van der Waals surface area contributed by atoms with Gasteiger partial charge in [0, 0.05) is 39.8 Å². The molecule has 0 fully saturated rings. The van der Waals surface area contributed by atoms with Crippen molar-refractivity contribution in [3.8, 4) is 0 Å². The van der Waals surface area contributed by atoms with E-state index >= 15 is 0 Å². The Bertz CT molecular complexity index is 274. The molecule has 0 aliphatic carbocycles. The first-order valence-corrected chi connectivity index (χ1v) is 8.13. The molecule has 1 rings (SSSR count). The summed E-state index contributed by atoms with van der Waals surface area (Å²) in [5.41, 5.74) is 2.64. The molecule has 0 aliphatic heterocycles. The number of halogens is 3. The van der Waals surface area contributed by atoms with Gasteiger partial charge in [-0.15, -0.1) is 0 Å². The van der Waals surface area contributed by atoms with E-state index in [-0.39, 0.29) is 17.0 Å². The number of hydrogen-bond donors (Lipinski definition) is 1. The van der Waals surface area contributed by atoms with E-state index < -0.39 is 0 Å². The van der Waals surface area contributed by atoms with Crippen LogP contribution in [0.15, 0.2) is 24.3 Å². The molecule has 0 spiro atoms. The smallest absolute Gasteiger partial charge is 0.129 e. The van der Waals surface area contributed by atoms with Crippen molar-refractivity contribution < 1.29 is 22.3 Å². The Morgan fingerprint density at radius 2 is 1.56 bits per heavy atom. The topological polar surface area (TPSA) is 19.9 Å². The zero-order chi connectivity index (χ0) is 11.1. The molecule has 0 saturated carbocycles. The molecule has 0 amide bonds. The van der Waals surface area contributed by atoms with E-state index in [4.69, 9.17) is 0 Å². The van der Waals surface area contributed by atoms with E-state index in [1.807, 2.05) is 0 Å². The zero-order valence-corrected chi connectivity index (χ0v) is 15.2. The second kappa shape index (κ2) is 9.90. The van der Waals surface area contributed by atoms with Gasteiger partial charge in [0.15, 0.2) is 0 Å². The lowest BCUT2D eigenvalue weighted by molar-refractivity contribution is -0.539. The van der Waals surface area contributed by atoms with Crippen molar-refractivity contribution in [2.24, 2.45) is 0 Å². The highest BCUT2D eigenvalue weighted by atomic mass is 127. The van der Waals surface area contributed by atoms with Crippen molar-refractivity contribution in [1.29, 1.82) is 0 Å². The maximum absolute atomic E-state index is 2.44. The van der Waals surface area contributed by atoms with Crippen LogP contribution >= 0.6 is 45.2 Å². The summed E-state index contributed by atoms with van der Waals surface area (Å²) >= 11 is 4.87. The van der Waals surface area contributed by atoms with Gasteiger partial charge in [-0.05, 0) is 12.1 Å². The molecule has 16 heavy (non-hydrogen) atoms. The van der Waals surface area contributed by atoms with Crippen molar-refractivity contribution in [1.82, 2.24) is 0 Å². The summed E-state index contributed by atoms with van der Waals surface area (Å²) in [6.45, 7) is 2.28. The Morgan fingerprint density at radius 1 is 1.06 bits per heavy atom. The van der Waals surface area contributed by atoms with Gasteiger partial charge in [-0.25, -0.2) is 0 Å². The Hall–Kier alpha value is 0.920. The molecule has 92 valence electrons. The van der Waals surface area contributed by atoms with E-state index in [1.54, 1.807) is 0 Å². The first kappa shape index (κ1) is 16.9. The highest BCUT2D eigenvalue weighted by molar-refractivity contribution is 14.1. The molecule has 2 nitrogen and oxygen atoms in total. The Balaban J connectivity index is 0.00000225. The summed E-state index contributed by atoms with van der Waals surface area (Å²) < 4.78 is 2.35. The number of nitrogens with two attached hydrogens (primary N) is 1. The predicted octanol–water partition coefficient (Wildman–Crippen LogP) is -0.808. The number of nitrogens with zero attached hydrogens (tertiary/aromatic N) is 1. The molecule has 2 N–H and O–H groups in total. The largest absolute Gasteiger partial charge is 1.00 e. The van der Waals surface area contributed by atoms with Crippen LogP contribution in [0, 0.1) is 0 Å². The molecule has 0 atom stereocenters. The highest BCUT2D eigenvalue weighted by Gasteiger charge is 2.04. The highest BCUT2D eigenvalue weighted by Crippen LogP contribution is 2.16. The number of anilines is 1. The molecule has 0 aliphatic rings. The summed E-state index contributed by atoms with van der Waals surface area (Å²) in [6, 6.07) is 8.80. The third-order valence-corrected chi connectivity index (χ3v) is 3.27. The first-order valence-electron chi connectivity index (χ1n) is 5.08. The molecule has 0 heterocycles. The first-order chi connectivity index (χ1) is 7.31. The molecule has 0 aromatic heterocycles. The quantitative estimate of drug-likeness (QED) is 0.302. The summed E-state index contributed by atoms with van der Waals surface area (Å²) in [5, 5.41) is 2.13. The number of quaternary nitrogens is 1. The van der Waals surface area contributed by atoms with Crippen molar-refractivity contribution >= 4 is 56.6 Å². The average molecular weight is 511 g/mol. The van der Waals surface area contributed by atoms with E-state index in [1.165, 1.54) is 20.2 Å². The Kier molecular flexibility index (Phi) is 10.5. The molecular weight excluding hydrogens is 494 g/mol.